The monoisotopic (exact) mass is 432 g/mol. The lowest BCUT2D eigenvalue weighted by molar-refractivity contribution is -0.145. The Morgan fingerprint density at radius 3 is 2.18 bits per heavy atom. The summed E-state index contributed by atoms with van der Waals surface area (Å²) in [6.45, 7) is 3.93. The molecule has 4 nitrogen and oxygen atoms in total. The smallest absolute Gasteiger partial charge is 0.327 e. The molecule has 3 aromatic carbocycles. The molecular weight excluding hydrogens is 408 g/mol. The van der Waals surface area contributed by atoms with Crippen LogP contribution < -0.4 is 0 Å². The zero-order chi connectivity index (χ0) is 23.4. The molecule has 4 rings (SSSR count). The molecule has 0 saturated heterocycles. The molecule has 0 fully saturated rings. The number of hydrogen-bond acceptors (Lipinski definition) is 4. The van der Waals surface area contributed by atoms with E-state index in [9.17, 15) is 10.1 Å². The Labute approximate surface area is 194 Å². The quantitative estimate of drug-likeness (QED) is 0.511. The molecule has 162 valence electrons. The number of ether oxygens (including phenoxy) is 1. The van der Waals surface area contributed by atoms with Crippen molar-refractivity contribution in [1.29, 1.82) is 10.7 Å². The number of nitrogens with zero attached hydrogens (tertiary/aromatic N) is 1. The van der Waals surface area contributed by atoms with Crippen molar-refractivity contribution in [3.05, 3.63) is 118 Å². The number of hydrogen-bond donors (Lipinski definition) is 1. The highest BCUT2D eigenvalue weighted by molar-refractivity contribution is 6.33. The summed E-state index contributed by atoms with van der Waals surface area (Å²) in [5.74, 6) is -0.557. The van der Waals surface area contributed by atoms with Gasteiger partial charge in [-0.05, 0) is 42.2 Å². The first-order valence-electron chi connectivity index (χ1n) is 10.8. The first-order chi connectivity index (χ1) is 16.0. The molecule has 1 atom stereocenters. The van der Waals surface area contributed by atoms with Gasteiger partial charge in [-0.3, -0.25) is 4.79 Å². The molecule has 0 bridgehead atoms. The topological polar surface area (TPSA) is 73.9 Å². The van der Waals surface area contributed by atoms with Crippen LogP contribution in [-0.4, -0.2) is 18.3 Å². The summed E-state index contributed by atoms with van der Waals surface area (Å²) in [5.41, 5.74) is 3.10. The fourth-order valence-electron chi connectivity index (χ4n) is 4.35. The van der Waals surface area contributed by atoms with Gasteiger partial charge in [0.05, 0.1) is 17.9 Å². The van der Waals surface area contributed by atoms with Gasteiger partial charge in [-0.25, -0.2) is 0 Å². The summed E-state index contributed by atoms with van der Waals surface area (Å²) in [6, 6.07) is 28.8. The van der Waals surface area contributed by atoms with E-state index in [1.807, 2.05) is 97.9 Å². The highest BCUT2D eigenvalue weighted by Gasteiger charge is 2.56. The van der Waals surface area contributed by atoms with Gasteiger partial charge >= 0.3 is 5.97 Å². The first-order valence-corrected chi connectivity index (χ1v) is 10.8. The molecular formula is C29H24N2O2. The highest BCUT2D eigenvalue weighted by Crippen LogP contribution is 2.51. The van der Waals surface area contributed by atoms with Crippen molar-refractivity contribution in [2.24, 2.45) is 0 Å². The lowest BCUT2D eigenvalue weighted by Gasteiger charge is -2.30. The third-order valence-corrected chi connectivity index (χ3v) is 5.90. The molecule has 33 heavy (non-hydrogen) atoms. The van der Waals surface area contributed by atoms with E-state index in [-0.39, 0.29) is 17.9 Å². The van der Waals surface area contributed by atoms with Crippen molar-refractivity contribution in [3.8, 4) is 6.07 Å². The second-order valence-corrected chi connectivity index (χ2v) is 7.91. The molecule has 0 saturated carbocycles. The number of nitrogens with one attached hydrogen (secondary N) is 1. The van der Waals surface area contributed by atoms with Crippen LogP contribution in [0.3, 0.4) is 0 Å². The maximum absolute atomic E-state index is 13.7. The minimum absolute atomic E-state index is 0.0631. The molecule has 0 heterocycles. The number of aryl methyl sites for hydroxylation is 1. The van der Waals surface area contributed by atoms with Crippen LogP contribution in [0.25, 0.3) is 11.6 Å². The van der Waals surface area contributed by atoms with Gasteiger partial charge in [0.1, 0.15) is 6.07 Å². The van der Waals surface area contributed by atoms with E-state index in [2.05, 4.69) is 6.07 Å². The van der Waals surface area contributed by atoms with E-state index in [1.165, 1.54) is 0 Å². The summed E-state index contributed by atoms with van der Waals surface area (Å²) in [4.78, 5) is 13.7. The van der Waals surface area contributed by atoms with Crippen LogP contribution in [0.1, 0.15) is 29.2 Å². The van der Waals surface area contributed by atoms with Crippen LogP contribution in [0.5, 0.6) is 0 Å². The Balaban J connectivity index is 2.11. The minimum atomic E-state index is -1.54. The number of nitriles is 1. The molecule has 3 aromatic rings. The number of carbonyl (C=O) groups is 1. The van der Waals surface area contributed by atoms with E-state index in [0.29, 0.717) is 16.7 Å². The van der Waals surface area contributed by atoms with Crippen molar-refractivity contribution >= 4 is 23.3 Å². The molecule has 0 spiro atoms. The van der Waals surface area contributed by atoms with Crippen LogP contribution in [0, 0.1) is 23.7 Å². The minimum Gasteiger partial charge on any atom is -0.465 e. The van der Waals surface area contributed by atoms with Crippen molar-refractivity contribution in [2.75, 3.05) is 6.61 Å². The molecule has 1 aliphatic rings. The molecule has 0 amide bonds. The average Bonchev–Trinajstić information content (AvgIpc) is 3.09. The van der Waals surface area contributed by atoms with E-state index in [1.54, 1.807) is 6.92 Å². The van der Waals surface area contributed by atoms with E-state index in [4.69, 9.17) is 10.1 Å². The molecule has 0 aliphatic heterocycles. The average molecular weight is 433 g/mol. The lowest BCUT2D eigenvalue weighted by Crippen LogP contribution is -2.44. The maximum atomic E-state index is 13.7. The van der Waals surface area contributed by atoms with Crippen LogP contribution >= 0.6 is 0 Å². The predicted molar refractivity (Wildman–Crippen MR) is 131 cm³/mol. The number of esters is 1. The van der Waals surface area contributed by atoms with Gasteiger partial charge in [-0.15, -0.1) is 0 Å². The van der Waals surface area contributed by atoms with Crippen molar-refractivity contribution < 1.29 is 9.53 Å². The first kappa shape index (κ1) is 22.0. The Bertz CT molecular complexity index is 1300. The summed E-state index contributed by atoms with van der Waals surface area (Å²) >= 11 is 0. The largest absolute Gasteiger partial charge is 0.465 e. The van der Waals surface area contributed by atoms with Crippen LogP contribution in [0.15, 0.2) is 96.1 Å². The van der Waals surface area contributed by atoms with E-state index >= 15 is 0 Å². The zero-order valence-electron chi connectivity index (χ0n) is 18.6. The van der Waals surface area contributed by atoms with E-state index in [0.717, 1.165) is 16.7 Å². The highest BCUT2D eigenvalue weighted by atomic mass is 16.5. The fourth-order valence-corrected chi connectivity index (χ4v) is 4.35. The Hall–Kier alpha value is -4.23. The van der Waals surface area contributed by atoms with Crippen LogP contribution in [-0.2, 0) is 14.9 Å². The predicted octanol–water partition coefficient (Wildman–Crippen LogP) is 5.89. The third-order valence-electron chi connectivity index (χ3n) is 5.90. The van der Waals surface area contributed by atoms with Gasteiger partial charge in [0.25, 0.3) is 0 Å². The summed E-state index contributed by atoms with van der Waals surface area (Å²) in [5, 5.41) is 19.3. The van der Waals surface area contributed by atoms with Gasteiger partial charge in [-0.2, -0.15) is 5.26 Å². The molecule has 4 heteroatoms. The second kappa shape index (κ2) is 9.10. The normalized spacial score (nSPS) is 18.9. The maximum Gasteiger partial charge on any atom is 0.327 e. The molecule has 1 aliphatic carbocycles. The van der Waals surface area contributed by atoms with Gasteiger partial charge in [0.2, 0.25) is 0 Å². The fraction of sp³-hybridized carbons (Fsp3) is 0.138. The summed E-state index contributed by atoms with van der Waals surface area (Å²) in [6.07, 6.45) is 1.91. The number of allylic oxidation sites excluding steroid dienone is 2. The van der Waals surface area contributed by atoms with Crippen LogP contribution in [0.2, 0.25) is 0 Å². The van der Waals surface area contributed by atoms with Gasteiger partial charge < -0.3 is 10.1 Å². The summed E-state index contributed by atoms with van der Waals surface area (Å²) in [7, 11) is 0. The Morgan fingerprint density at radius 2 is 1.61 bits per heavy atom. The van der Waals surface area contributed by atoms with Crippen molar-refractivity contribution in [1.82, 2.24) is 0 Å². The molecule has 0 radical (unpaired) electrons. The standard InChI is InChI=1S/C29H24N2O2/c1-3-33-28(32)29(23-12-8-5-9-13-23)25(18-21-16-14-20(2)15-17-21)26(24(19-30)27(29)31)22-10-6-4-7-11-22/h4-18,31H,3H2,1-2H3/b25-18+,31-27?. The van der Waals surface area contributed by atoms with Crippen molar-refractivity contribution in [3.63, 3.8) is 0 Å². The number of benzene rings is 3. The van der Waals surface area contributed by atoms with E-state index < -0.39 is 11.4 Å². The Morgan fingerprint density at radius 1 is 1.00 bits per heavy atom. The number of carbonyl (C=O) groups excluding carboxylic acids is 1. The van der Waals surface area contributed by atoms with Crippen molar-refractivity contribution in [2.45, 2.75) is 19.3 Å². The van der Waals surface area contributed by atoms with Gasteiger partial charge in [-0.1, -0.05) is 90.5 Å². The van der Waals surface area contributed by atoms with Gasteiger partial charge in [0.15, 0.2) is 5.41 Å². The molecule has 1 unspecified atom stereocenters. The zero-order valence-corrected chi connectivity index (χ0v) is 18.6. The SMILES string of the molecule is CCOC(=O)C1(c2ccccc2)C(=N)C(C#N)=C(c2ccccc2)/C1=C\c1ccc(C)cc1. The lowest BCUT2D eigenvalue weighted by atomic mass is 9.71. The third kappa shape index (κ3) is 3.68. The second-order valence-electron chi connectivity index (χ2n) is 7.91. The summed E-state index contributed by atoms with van der Waals surface area (Å²) < 4.78 is 5.56. The molecule has 1 N–H and O–H groups in total. The van der Waals surface area contributed by atoms with Crippen LogP contribution in [0.4, 0.5) is 0 Å². The number of rotatable bonds is 5. The van der Waals surface area contributed by atoms with Gasteiger partial charge in [0, 0.05) is 5.57 Å². The Kier molecular flexibility index (Phi) is 6.06. The molecule has 0 aromatic heterocycles.